The molecule has 1 fully saturated rings. The summed E-state index contributed by atoms with van der Waals surface area (Å²) in [5, 5.41) is 11.2. The number of anilines is 1. The van der Waals surface area contributed by atoms with Gasteiger partial charge in [-0.2, -0.15) is 5.10 Å². The number of nitrogens with one attached hydrogen (secondary N) is 2. The monoisotopic (exact) mass is 282 g/mol. The van der Waals surface area contributed by atoms with Crippen molar-refractivity contribution in [3.05, 3.63) is 41.5 Å². The predicted molar refractivity (Wildman–Crippen MR) is 83.6 cm³/mol. The second-order valence-corrected chi connectivity index (χ2v) is 6.27. The molecule has 1 saturated carbocycles. The molecule has 21 heavy (non-hydrogen) atoms. The fourth-order valence-corrected chi connectivity index (χ4v) is 3.74. The van der Waals surface area contributed by atoms with Crippen molar-refractivity contribution < 1.29 is 0 Å². The van der Waals surface area contributed by atoms with Gasteiger partial charge in [0.05, 0.1) is 0 Å². The number of para-hydroxylation sites is 1. The third-order valence-electron chi connectivity index (χ3n) is 4.91. The summed E-state index contributed by atoms with van der Waals surface area (Å²) in [4.78, 5) is 4.86. The number of hydrogen-bond donors (Lipinski definition) is 2. The van der Waals surface area contributed by atoms with Crippen LogP contribution in [0.15, 0.2) is 24.3 Å². The first kappa shape index (κ1) is 12.9. The molecule has 0 saturated heterocycles. The molecular weight excluding hydrogens is 260 g/mol. The quantitative estimate of drug-likeness (QED) is 0.881. The largest absolute Gasteiger partial charge is 0.385 e. The van der Waals surface area contributed by atoms with E-state index in [9.17, 15) is 0 Å². The van der Waals surface area contributed by atoms with Gasteiger partial charge >= 0.3 is 0 Å². The van der Waals surface area contributed by atoms with Gasteiger partial charge in [0.25, 0.3) is 0 Å². The number of fused-ring (bicyclic) bond motifs is 1. The lowest BCUT2D eigenvalue weighted by Gasteiger charge is -2.25. The van der Waals surface area contributed by atoms with Crippen LogP contribution in [0.5, 0.6) is 0 Å². The summed E-state index contributed by atoms with van der Waals surface area (Å²) in [6, 6.07) is 8.55. The molecule has 4 nitrogen and oxygen atoms in total. The molecule has 2 aromatic rings. The molecule has 4 heteroatoms. The zero-order valence-corrected chi connectivity index (χ0v) is 12.3. The summed E-state index contributed by atoms with van der Waals surface area (Å²) in [5.74, 6) is 3.01. The third-order valence-corrected chi connectivity index (χ3v) is 4.91. The zero-order chi connectivity index (χ0) is 14.1. The molecule has 1 unspecified atom stereocenters. The molecule has 2 N–H and O–H groups in total. The Hall–Kier alpha value is -1.84. The van der Waals surface area contributed by atoms with E-state index in [2.05, 4.69) is 39.8 Å². The number of aromatic amines is 1. The topological polar surface area (TPSA) is 53.6 Å². The number of hydrogen-bond acceptors (Lipinski definition) is 3. The van der Waals surface area contributed by atoms with Gasteiger partial charge in [-0.05, 0) is 30.9 Å². The van der Waals surface area contributed by atoms with E-state index in [4.69, 9.17) is 4.98 Å². The molecule has 1 aliphatic carbocycles. The highest BCUT2D eigenvalue weighted by molar-refractivity contribution is 5.56. The van der Waals surface area contributed by atoms with Gasteiger partial charge in [0.2, 0.25) is 0 Å². The van der Waals surface area contributed by atoms with Gasteiger partial charge in [-0.25, -0.2) is 4.98 Å². The molecule has 1 aromatic heterocycles. The molecule has 2 heterocycles. The summed E-state index contributed by atoms with van der Waals surface area (Å²) in [6.45, 7) is 1.00. The first-order valence-corrected chi connectivity index (χ1v) is 8.17. The van der Waals surface area contributed by atoms with Crippen molar-refractivity contribution >= 4 is 5.69 Å². The van der Waals surface area contributed by atoms with E-state index in [0.29, 0.717) is 11.8 Å². The SMILES string of the molecule is c1ccc2c(c1)NCCC2c1nc(C2CCCCC2)n[nH]1. The number of benzene rings is 1. The number of rotatable bonds is 2. The van der Waals surface area contributed by atoms with Gasteiger partial charge in [-0.3, -0.25) is 5.10 Å². The molecule has 1 aromatic carbocycles. The minimum atomic E-state index is 0.354. The van der Waals surface area contributed by atoms with E-state index in [1.807, 2.05) is 0 Å². The van der Waals surface area contributed by atoms with Crippen LogP contribution in [0.1, 0.15) is 67.6 Å². The maximum absolute atomic E-state index is 4.86. The third kappa shape index (κ3) is 2.43. The molecule has 0 bridgehead atoms. The molecule has 0 amide bonds. The fraction of sp³-hybridized carbons (Fsp3) is 0.529. The molecule has 2 aliphatic rings. The zero-order valence-electron chi connectivity index (χ0n) is 12.3. The van der Waals surface area contributed by atoms with Crippen molar-refractivity contribution in [2.45, 2.75) is 50.4 Å². The first-order chi connectivity index (χ1) is 10.4. The van der Waals surface area contributed by atoms with Gasteiger partial charge in [0.1, 0.15) is 5.82 Å². The van der Waals surface area contributed by atoms with Gasteiger partial charge in [-0.15, -0.1) is 0 Å². The highest BCUT2D eigenvalue weighted by Crippen LogP contribution is 2.36. The van der Waals surface area contributed by atoms with Crippen LogP contribution in [0.25, 0.3) is 0 Å². The molecule has 4 rings (SSSR count). The Bertz CT molecular complexity index is 613. The predicted octanol–water partition coefficient (Wildman–Crippen LogP) is 3.80. The average molecular weight is 282 g/mol. The lowest BCUT2D eigenvalue weighted by Crippen LogP contribution is -2.18. The van der Waals surface area contributed by atoms with E-state index in [0.717, 1.165) is 24.6 Å². The van der Waals surface area contributed by atoms with Crippen molar-refractivity contribution in [1.29, 1.82) is 0 Å². The van der Waals surface area contributed by atoms with E-state index >= 15 is 0 Å². The van der Waals surface area contributed by atoms with Crippen LogP contribution < -0.4 is 5.32 Å². The fourth-order valence-electron chi connectivity index (χ4n) is 3.74. The van der Waals surface area contributed by atoms with Crippen molar-refractivity contribution in [2.75, 3.05) is 11.9 Å². The smallest absolute Gasteiger partial charge is 0.153 e. The summed E-state index contributed by atoms with van der Waals surface area (Å²) in [6.07, 6.45) is 7.60. The Kier molecular flexibility index (Phi) is 3.37. The highest BCUT2D eigenvalue weighted by atomic mass is 15.2. The molecule has 0 radical (unpaired) electrons. The lowest BCUT2D eigenvalue weighted by atomic mass is 9.88. The van der Waals surface area contributed by atoms with E-state index < -0.39 is 0 Å². The van der Waals surface area contributed by atoms with Gasteiger partial charge in [-0.1, -0.05) is 37.5 Å². The molecule has 110 valence electrons. The normalized spacial score (nSPS) is 22.6. The highest BCUT2D eigenvalue weighted by Gasteiger charge is 2.26. The summed E-state index contributed by atoms with van der Waals surface area (Å²) in [5.41, 5.74) is 2.58. The maximum atomic E-state index is 4.86. The van der Waals surface area contributed by atoms with Crippen LogP contribution in [-0.2, 0) is 0 Å². The Morgan fingerprint density at radius 2 is 1.86 bits per heavy atom. The Morgan fingerprint density at radius 3 is 2.76 bits per heavy atom. The Labute approximate surface area is 125 Å². The van der Waals surface area contributed by atoms with E-state index in [-0.39, 0.29) is 0 Å². The standard InChI is InChI=1S/C17H22N4/c1-2-6-12(7-3-1)16-19-17(21-20-16)14-10-11-18-15-9-5-4-8-13(14)15/h4-5,8-9,12,14,18H,1-3,6-7,10-11H2,(H,19,20,21). The first-order valence-electron chi connectivity index (χ1n) is 8.17. The summed E-state index contributed by atoms with van der Waals surface area (Å²) in [7, 11) is 0. The minimum absolute atomic E-state index is 0.354. The number of H-pyrrole nitrogens is 1. The second kappa shape index (κ2) is 5.51. The Morgan fingerprint density at radius 1 is 1.00 bits per heavy atom. The summed E-state index contributed by atoms with van der Waals surface area (Å²) >= 11 is 0. The van der Waals surface area contributed by atoms with Crippen molar-refractivity contribution in [3.63, 3.8) is 0 Å². The lowest BCUT2D eigenvalue weighted by molar-refractivity contribution is 0.429. The van der Waals surface area contributed by atoms with Crippen LogP contribution in [0.3, 0.4) is 0 Å². The number of aromatic nitrogens is 3. The second-order valence-electron chi connectivity index (χ2n) is 6.27. The number of nitrogens with zero attached hydrogens (tertiary/aromatic N) is 2. The van der Waals surface area contributed by atoms with Gasteiger partial charge in [0.15, 0.2) is 5.82 Å². The van der Waals surface area contributed by atoms with E-state index in [1.54, 1.807) is 0 Å². The van der Waals surface area contributed by atoms with Crippen LogP contribution in [0.4, 0.5) is 5.69 Å². The van der Waals surface area contributed by atoms with Crippen molar-refractivity contribution in [1.82, 2.24) is 15.2 Å². The van der Waals surface area contributed by atoms with Crippen LogP contribution in [0.2, 0.25) is 0 Å². The maximum Gasteiger partial charge on any atom is 0.153 e. The van der Waals surface area contributed by atoms with Crippen LogP contribution in [-0.4, -0.2) is 21.7 Å². The minimum Gasteiger partial charge on any atom is -0.385 e. The molecular formula is C17H22N4. The van der Waals surface area contributed by atoms with Gasteiger partial charge < -0.3 is 5.32 Å². The van der Waals surface area contributed by atoms with Gasteiger partial charge in [0, 0.05) is 24.1 Å². The molecule has 1 aliphatic heterocycles. The van der Waals surface area contributed by atoms with Crippen molar-refractivity contribution in [2.24, 2.45) is 0 Å². The molecule has 0 spiro atoms. The molecule has 1 atom stereocenters. The van der Waals surface area contributed by atoms with Crippen LogP contribution in [0, 0.1) is 0 Å². The van der Waals surface area contributed by atoms with E-state index in [1.165, 1.54) is 43.4 Å². The average Bonchev–Trinajstić information content (AvgIpc) is 3.05. The Balaban J connectivity index is 1.61. The van der Waals surface area contributed by atoms with Crippen LogP contribution >= 0.6 is 0 Å². The van der Waals surface area contributed by atoms with Crippen molar-refractivity contribution in [3.8, 4) is 0 Å². The summed E-state index contributed by atoms with van der Waals surface area (Å²) < 4.78 is 0.